The molecule has 0 radical (unpaired) electrons. The molecule has 6 heteroatoms. The summed E-state index contributed by atoms with van der Waals surface area (Å²) in [5, 5.41) is 15.9. The summed E-state index contributed by atoms with van der Waals surface area (Å²) in [5.74, 6) is 1.03. The quantitative estimate of drug-likeness (QED) is 0.557. The van der Waals surface area contributed by atoms with Crippen molar-refractivity contribution < 1.29 is 0 Å². The molecule has 2 rings (SSSR count). The van der Waals surface area contributed by atoms with Crippen LogP contribution in [0.3, 0.4) is 0 Å². The lowest BCUT2D eigenvalue weighted by Gasteiger charge is -2.02. The Morgan fingerprint density at radius 1 is 1.57 bits per heavy atom. The highest BCUT2D eigenvalue weighted by Crippen LogP contribution is 2.36. The Hall–Kier alpha value is -0.620. The summed E-state index contributed by atoms with van der Waals surface area (Å²) < 4.78 is 1.95. The highest BCUT2D eigenvalue weighted by molar-refractivity contribution is 7.99. The van der Waals surface area contributed by atoms with Gasteiger partial charge in [0.2, 0.25) is 5.16 Å². The number of nitrogens with one attached hydrogen (secondary N) is 1. The maximum absolute atomic E-state index is 4.01. The number of tetrazole rings is 1. The molecule has 1 aromatic rings. The van der Waals surface area contributed by atoms with E-state index in [0.717, 1.165) is 24.0 Å². The zero-order valence-corrected chi connectivity index (χ0v) is 9.13. The van der Waals surface area contributed by atoms with Crippen molar-refractivity contribution in [2.45, 2.75) is 31.0 Å². The normalized spacial score (nSPS) is 16.1. The van der Waals surface area contributed by atoms with Gasteiger partial charge in [0.25, 0.3) is 0 Å². The predicted molar refractivity (Wildman–Crippen MR) is 55.4 cm³/mol. The van der Waals surface area contributed by atoms with Crippen LogP contribution in [0.25, 0.3) is 0 Å². The molecule has 0 unspecified atom stereocenters. The van der Waals surface area contributed by atoms with Gasteiger partial charge in [-0.25, -0.2) is 4.68 Å². The third-order valence-corrected chi connectivity index (χ3v) is 3.05. The lowest BCUT2D eigenvalue weighted by molar-refractivity contribution is 0.565. The summed E-state index contributed by atoms with van der Waals surface area (Å²) >= 11 is 1.73. The van der Waals surface area contributed by atoms with E-state index < -0.39 is 0 Å². The van der Waals surface area contributed by atoms with Gasteiger partial charge >= 0.3 is 0 Å². The first-order valence-corrected chi connectivity index (χ1v) is 6.01. The Labute approximate surface area is 87.6 Å². The van der Waals surface area contributed by atoms with Crippen molar-refractivity contribution in [1.82, 2.24) is 25.5 Å². The summed E-state index contributed by atoms with van der Waals surface area (Å²) in [6.07, 6.45) is 2.46. The first kappa shape index (κ1) is 9.92. The van der Waals surface area contributed by atoms with E-state index in [-0.39, 0.29) is 0 Å². The Kier molecular flexibility index (Phi) is 3.36. The number of rotatable bonds is 6. The molecule has 0 saturated heterocycles. The minimum atomic E-state index is 0.576. The van der Waals surface area contributed by atoms with Crippen molar-refractivity contribution in [1.29, 1.82) is 0 Å². The SMILES string of the molecule is CCNCCSc1nnnn1C1CC1. The van der Waals surface area contributed by atoms with Gasteiger partial charge in [-0.3, -0.25) is 0 Å². The maximum Gasteiger partial charge on any atom is 0.209 e. The molecule has 0 aliphatic heterocycles. The topological polar surface area (TPSA) is 55.6 Å². The molecule has 1 saturated carbocycles. The van der Waals surface area contributed by atoms with E-state index in [1.54, 1.807) is 11.8 Å². The van der Waals surface area contributed by atoms with Crippen LogP contribution in [-0.2, 0) is 0 Å². The third-order valence-electron chi connectivity index (χ3n) is 2.12. The molecule has 1 aromatic heterocycles. The smallest absolute Gasteiger partial charge is 0.209 e. The molecule has 0 atom stereocenters. The first-order chi connectivity index (χ1) is 6.92. The predicted octanol–water partition coefficient (Wildman–Crippen LogP) is 0.710. The van der Waals surface area contributed by atoms with Crippen LogP contribution in [0.2, 0.25) is 0 Å². The Morgan fingerprint density at radius 3 is 3.14 bits per heavy atom. The summed E-state index contributed by atoms with van der Waals surface area (Å²) in [7, 11) is 0. The van der Waals surface area contributed by atoms with Crippen LogP contribution >= 0.6 is 11.8 Å². The van der Waals surface area contributed by atoms with Crippen molar-refractivity contribution >= 4 is 11.8 Å². The molecule has 0 amide bonds. The lowest BCUT2D eigenvalue weighted by atomic mass is 10.7. The van der Waals surface area contributed by atoms with E-state index in [2.05, 4.69) is 27.8 Å². The molecule has 0 spiro atoms. The minimum absolute atomic E-state index is 0.576. The number of nitrogens with zero attached hydrogens (tertiary/aromatic N) is 4. The van der Waals surface area contributed by atoms with Gasteiger partial charge in [-0.15, -0.1) is 5.10 Å². The fraction of sp³-hybridized carbons (Fsp3) is 0.875. The van der Waals surface area contributed by atoms with Crippen LogP contribution in [0.1, 0.15) is 25.8 Å². The number of aromatic nitrogens is 4. The van der Waals surface area contributed by atoms with Gasteiger partial charge in [0.15, 0.2) is 0 Å². The van der Waals surface area contributed by atoms with Crippen molar-refractivity contribution in [3.8, 4) is 0 Å². The molecular formula is C8H15N5S. The van der Waals surface area contributed by atoms with Crippen LogP contribution in [0.4, 0.5) is 0 Å². The zero-order valence-electron chi connectivity index (χ0n) is 8.31. The van der Waals surface area contributed by atoms with Gasteiger partial charge in [0.05, 0.1) is 6.04 Å². The van der Waals surface area contributed by atoms with Crippen molar-refractivity contribution in [3.05, 3.63) is 0 Å². The molecular weight excluding hydrogens is 198 g/mol. The molecule has 1 aliphatic rings. The van der Waals surface area contributed by atoms with E-state index >= 15 is 0 Å². The second-order valence-electron chi connectivity index (χ2n) is 3.34. The van der Waals surface area contributed by atoms with Crippen LogP contribution in [-0.4, -0.2) is 39.0 Å². The van der Waals surface area contributed by atoms with E-state index in [4.69, 9.17) is 0 Å². The summed E-state index contributed by atoms with van der Waals surface area (Å²) in [6, 6.07) is 0.576. The largest absolute Gasteiger partial charge is 0.316 e. The Balaban J connectivity index is 1.80. The lowest BCUT2D eigenvalue weighted by Crippen LogP contribution is -2.16. The van der Waals surface area contributed by atoms with Gasteiger partial charge in [-0.1, -0.05) is 18.7 Å². The van der Waals surface area contributed by atoms with Crippen LogP contribution in [0.5, 0.6) is 0 Å². The average molecular weight is 213 g/mol. The molecule has 1 N–H and O–H groups in total. The van der Waals surface area contributed by atoms with Crippen molar-refractivity contribution in [3.63, 3.8) is 0 Å². The van der Waals surface area contributed by atoms with Crippen molar-refractivity contribution in [2.75, 3.05) is 18.8 Å². The van der Waals surface area contributed by atoms with Gasteiger partial charge < -0.3 is 5.32 Å². The standard InChI is InChI=1S/C8H15N5S/c1-2-9-5-6-14-8-10-11-12-13(8)7-3-4-7/h7,9H,2-6H2,1H3. The number of hydrogen-bond acceptors (Lipinski definition) is 5. The molecule has 5 nitrogen and oxygen atoms in total. The van der Waals surface area contributed by atoms with Crippen molar-refractivity contribution in [2.24, 2.45) is 0 Å². The van der Waals surface area contributed by atoms with Crippen LogP contribution < -0.4 is 5.32 Å². The van der Waals surface area contributed by atoms with E-state index in [1.807, 2.05) is 4.68 Å². The minimum Gasteiger partial charge on any atom is -0.316 e. The summed E-state index contributed by atoms with van der Waals surface area (Å²) in [5.41, 5.74) is 0. The van der Waals surface area contributed by atoms with Gasteiger partial charge in [0.1, 0.15) is 0 Å². The second-order valence-corrected chi connectivity index (χ2v) is 4.40. The van der Waals surface area contributed by atoms with Gasteiger partial charge in [0, 0.05) is 12.3 Å². The van der Waals surface area contributed by atoms with E-state index in [1.165, 1.54) is 12.8 Å². The van der Waals surface area contributed by atoms with E-state index in [0.29, 0.717) is 6.04 Å². The maximum atomic E-state index is 4.01. The summed E-state index contributed by atoms with van der Waals surface area (Å²) in [4.78, 5) is 0. The molecule has 14 heavy (non-hydrogen) atoms. The first-order valence-electron chi connectivity index (χ1n) is 5.03. The van der Waals surface area contributed by atoms with Crippen LogP contribution in [0, 0.1) is 0 Å². The highest BCUT2D eigenvalue weighted by Gasteiger charge is 2.27. The van der Waals surface area contributed by atoms with Gasteiger partial charge in [-0.2, -0.15) is 0 Å². The molecule has 0 bridgehead atoms. The van der Waals surface area contributed by atoms with Gasteiger partial charge in [-0.05, 0) is 29.8 Å². The molecule has 1 heterocycles. The number of hydrogen-bond donors (Lipinski definition) is 1. The van der Waals surface area contributed by atoms with Crippen LogP contribution in [0.15, 0.2) is 5.16 Å². The molecule has 0 aromatic carbocycles. The van der Waals surface area contributed by atoms with E-state index in [9.17, 15) is 0 Å². The fourth-order valence-electron chi connectivity index (χ4n) is 1.22. The second kappa shape index (κ2) is 4.75. The third kappa shape index (κ3) is 2.45. The summed E-state index contributed by atoms with van der Waals surface area (Å²) in [6.45, 7) is 4.14. The highest BCUT2D eigenvalue weighted by atomic mass is 32.2. The molecule has 1 aliphatic carbocycles. The molecule has 78 valence electrons. The Morgan fingerprint density at radius 2 is 2.43 bits per heavy atom. The zero-order chi connectivity index (χ0) is 9.80. The Bertz CT molecular complexity index is 283. The average Bonchev–Trinajstić information content (AvgIpc) is 2.94. The fourth-order valence-corrected chi connectivity index (χ4v) is 2.06. The number of thioether (sulfide) groups is 1. The monoisotopic (exact) mass is 213 g/mol. The molecule has 1 fully saturated rings.